The largest absolute Gasteiger partial charge is 0.352 e. The Morgan fingerprint density at radius 1 is 1.14 bits per heavy atom. The third-order valence-corrected chi connectivity index (χ3v) is 5.77. The molecule has 1 aliphatic rings. The predicted octanol–water partition coefficient (Wildman–Crippen LogP) is 4.18. The number of carbonyl (C=O) groups is 2. The van der Waals surface area contributed by atoms with Crippen LogP contribution in [-0.4, -0.2) is 29.8 Å². The molecule has 0 radical (unpaired) electrons. The highest BCUT2D eigenvalue weighted by Crippen LogP contribution is 2.23. The Balaban J connectivity index is 1.43. The maximum atomic E-state index is 13.6. The fraction of sp³-hybridized carbons (Fsp3) is 0.417. The van der Waals surface area contributed by atoms with Crippen molar-refractivity contribution in [1.29, 1.82) is 0 Å². The Hall–Kier alpha value is -2.69. The number of amides is 2. The summed E-state index contributed by atoms with van der Waals surface area (Å²) in [5, 5.41) is 2.90. The van der Waals surface area contributed by atoms with E-state index in [1.165, 1.54) is 11.6 Å². The molecule has 2 aromatic carbocycles. The molecule has 0 unspecified atom stereocenters. The molecule has 1 heterocycles. The first kappa shape index (κ1) is 21.0. The molecule has 2 aromatic rings. The van der Waals surface area contributed by atoms with Gasteiger partial charge in [-0.2, -0.15) is 0 Å². The van der Waals surface area contributed by atoms with Gasteiger partial charge in [0.2, 0.25) is 11.8 Å². The maximum Gasteiger partial charge on any atom is 0.223 e. The fourth-order valence-corrected chi connectivity index (χ4v) is 3.76. The number of nitrogens with zero attached hydrogens (tertiary/aromatic N) is 1. The topological polar surface area (TPSA) is 49.4 Å². The first-order valence-corrected chi connectivity index (χ1v) is 10.3. The zero-order valence-electron chi connectivity index (χ0n) is 17.2. The average molecular weight is 397 g/mol. The highest BCUT2D eigenvalue weighted by Gasteiger charge is 2.27. The van der Waals surface area contributed by atoms with Crippen LogP contribution >= 0.6 is 0 Å². The molecular formula is C24H29FN2O2. The standard InChI is InChI=1S/C24H29FN2O2/c1-17-8-9-19(15-22(17)25)16-26-24(29)21-10-12-27(13-11-21)23(28)14-18(2)20-6-4-3-5-7-20/h3-9,15,18,21H,10-14,16H2,1-2H3,(H,26,29)/t18-/m1/s1. The summed E-state index contributed by atoms with van der Waals surface area (Å²) in [5.41, 5.74) is 2.52. The lowest BCUT2D eigenvalue weighted by Crippen LogP contribution is -2.43. The van der Waals surface area contributed by atoms with Crippen LogP contribution in [0.2, 0.25) is 0 Å². The molecule has 1 atom stereocenters. The van der Waals surface area contributed by atoms with Crippen LogP contribution in [0.4, 0.5) is 4.39 Å². The van der Waals surface area contributed by atoms with Crippen molar-refractivity contribution >= 4 is 11.8 Å². The number of carbonyl (C=O) groups excluding carboxylic acids is 2. The Kier molecular flexibility index (Phi) is 7.02. The number of piperidine rings is 1. The van der Waals surface area contributed by atoms with E-state index in [2.05, 4.69) is 24.4 Å². The van der Waals surface area contributed by atoms with Gasteiger partial charge in [0.05, 0.1) is 0 Å². The first-order chi connectivity index (χ1) is 13.9. The SMILES string of the molecule is Cc1ccc(CNC(=O)C2CCN(C(=O)C[C@@H](C)c3ccccc3)CC2)cc1F. The molecule has 29 heavy (non-hydrogen) atoms. The maximum absolute atomic E-state index is 13.6. The third kappa shape index (κ3) is 5.66. The monoisotopic (exact) mass is 396 g/mol. The van der Waals surface area contributed by atoms with Gasteiger partial charge in [-0.05, 0) is 48.4 Å². The van der Waals surface area contributed by atoms with Crippen molar-refractivity contribution in [3.8, 4) is 0 Å². The molecular weight excluding hydrogens is 367 g/mol. The quantitative estimate of drug-likeness (QED) is 0.796. The Morgan fingerprint density at radius 3 is 2.48 bits per heavy atom. The van der Waals surface area contributed by atoms with Crippen molar-refractivity contribution in [2.45, 2.75) is 45.6 Å². The number of likely N-dealkylation sites (tertiary alicyclic amines) is 1. The van der Waals surface area contributed by atoms with Gasteiger partial charge < -0.3 is 10.2 Å². The van der Waals surface area contributed by atoms with Crippen LogP contribution < -0.4 is 5.32 Å². The van der Waals surface area contributed by atoms with Gasteiger partial charge >= 0.3 is 0 Å². The fourth-order valence-electron chi connectivity index (χ4n) is 3.76. The van der Waals surface area contributed by atoms with Gasteiger partial charge in [-0.1, -0.05) is 49.4 Å². The van der Waals surface area contributed by atoms with Gasteiger partial charge in [0, 0.05) is 32.0 Å². The lowest BCUT2D eigenvalue weighted by molar-refractivity contribution is -0.135. The summed E-state index contributed by atoms with van der Waals surface area (Å²) in [6.07, 6.45) is 1.82. The van der Waals surface area contributed by atoms with Crippen molar-refractivity contribution in [2.75, 3.05) is 13.1 Å². The van der Waals surface area contributed by atoms with Gasteiger partial charge in [-0.3, -0.25) is 9.59 Å². The van der Waals surface area contributed by atoms with Crippen molar-refractivity contribution in [3.63, 3.8) is 0 Å². The molecule has 0 aliphatic carbocycles. The molecule has 1 N–H and O–H groups in total. The van der Waals surface area contributed by atoms with Crippen molar-refractivity contribution in [3.05, 3.63) is 71.0 Å². The molecule has 0 aromatic heterocycles. The average Bonchev–Trinajstić information content (AvgIpc) is 2.75. The van der Waals surface area contributed by atoms with E-state index in [-0.39, 0.29) is 29.5 Å². The first-order valence-electron chi connectivity index (χ1n) is 10.3. The van der Waals surface area contributed by atoms with E-state index in [0.29, 0.717) is 44.5 Å². The van der Waals surface area contributed by atoms with Gasteiger partial charge in [0.1, 0.15) is 5.82 Å². The van der Waals surface area contributed by atoms with E-state index in [0.717, 1.165) is 5.56 Å². The molecule has 5 heteroatoms. The summed E-state index contributed by atoms with van der Waals surface area (Å²) in [4.78, 5) is 26.9. The van der Waals surface area contributed by atoms with Gasteiger partial charge in [0.15, 0.2) is 0 Å². The zero-order valence-corrected chi connectivity index (χ0v) is 17.2. The van der Waals surface area contributed by atoms with Crippen LogP contribution in [0, 0.1) is 18.7 Å². The molecule has 0 saturated carbocycles. The second-order valence-corrected chi connectivity index (χ2v) is 7.97. The molecule has 2 amide bonds. The number of aryl methyl sites for hydroxylation is 1. The second kappa shape index (κ2) is 9.68. The number of hydrogen-bond donors (Lipinski definition) is 1. The minimum absolute atomic E-state index is 0.0178. The minimum atomic E-state index is -0.256. The van der Waals surface area contributed by atoms with Crippen LogP contribution in [0.25, 0.3) is 0 Å². The number of hydrogen-bond acceptors (Lipinski definition) is 2. The number of halogens is 1. The number of rotatable bonds is 6. The summed E-state index contributed by atoms with van der Waals surface area (Å²) in [5.74, 6) is -0.0418. The van der Waals surface area contributed by atoms with Gasteiger partial charge in [0.25, 0.3) is 0 Å². The number of nitrogens with one attached hydrogen (secondary N) is 1. The lowest BCUT2D eigenvalue weighted by Gasteiger charge is -2.32. The summed E-state index contributed by atoms with van der Waals surface area (Å²) in [6.45, 7) is 5.33. The molecule has 154 valence electrons. The highest BCUT2D eigenvalue weighted by atomic mass is 19.1. The van der Waals surface area contributed by atoms with E-state index < -0.39 is 0 Å². The van der Waals surface area contributed by atoms with E-state index in [4.69, 9.17) is 0 Å². The zero-order chi connectivity index (χ0) is 20.8. The molecule has 0 spiro atoms. The molecule has 1 saturated heterocycles. The Labute approximate surface area is 172 Å². The molecule has 0 bridgehead atoms. The minimum Gasteiger partial charge on any atom is -0.352 e. The lowest BCUT2D eigenvalue weighted by atomic mass is 9.93. The molecule has 4 nitrogen and oxygen atoms in total. The normalized spacial score (nSPS) is 15.8. The molecule has 1 aliphatic heterocycles. The van der Waals surface area contributed by atoms with E-state index in [1.54, 1.807) is 13.0 Å². The van der Waals surface area contributed by atoms with E-state index in [9.17, 15) is 14.0 Å². The summed E-state index contributed by atoms with van der Waals surface area (Å²) < 4.78 is 13.6. The van der Waals surface area contributed by atoms with Crippen LogP contribution in [-0.2, 0) is 16.1 Å². The van der Waals surface area contributed by atoms with Crippen LogP contribution in [0.3, 0.4) is 0 Å². The van der Waals surface area contributed by atoms with Crippen LogP contribution in [0.5, 0.6) is 0 Å². The van der Waals surface area contributed by atoms with Crippen LogP contribution in [0.15, 0.2) is 48.5 Å². The van der Waals surface area contributed by atoms with Gasteiger partial charge in [-0.15, -0.1) is 0 Å². The molecule has 1 fully saturated rings. The second-order valence-electron chi connectivity index (χ2n) is 7.97. The summed E-state index contributed by atoms with van der Waals surface area (Å²) in [7, 11) is 0. The van der Waals surface area contributed by atoms with E-state index in [1.807, 2.05) is 29.2 Å². The summed E-state index contributed by atoms with van der Waals surface area (Å²) >= 11 is 0. The summed E-state index contributed by atoms with van der Waals surface area (Å²) in [6, 6.07) is 15.1. The van der Waals surface area contributed by atoms with E-state index >= 15 is 0 Å². The predicted molar refractivity (Wildman–Crippen MR) is 112 cm³/mol. The third-order valence-electron chi connectivity index (χ3n) is 5.77. The Bertz CT molecular complexity index is 845. The molecule has 3 rings (SSSR count). The van der Waals surface area contributed by atoms with Gasteiger partial charge in [-0.25, -0.2) is 4.39 Å². The highest BCUT2D eigenvalue weighted by molar-refractivity contribution is 5.80. The Morgan fingerprint density at radius 2 is 1.83 bits per heavy atom. The van der Waals surface area contributed by atoms with Crippen molar-refractivity contribution < 1.29 is 14.0 Å². The smallest absolute Gasteiger partial charge is 0.223 e. The van der Waals surface area contributed by atoms with Crippen molar-refractivity contribution in [2.24, 2.45) is 5.92 Å². The number of benzene rings is 2. The van der Waals surface area contributed by atoms with Crippen LogP contribution in [0.1, 0.15) is 48.8 Å². The van der Waals surface area contributed by atoms with Crippen molar-refractivity contribution in [1.82, 2.24) is 10.2 Å².